The van der Waals surface area contributed by atoms with Gasteiger partial charge in [0.1, 0.15) is 0 Å². The molecule has 2 heteroatoms. The maximum Gasteiger partial charge on any atom is 0.0642 e. The van der Waals surface area contributed by atoms with Gasteiger partial charge in [-0.25, -0.2) is 0 Å². The van der Waals surface area contributed by atoms with Crippen molar-refractivity contribution in [2.75, 3.05) is 0 Å². The molecule has 1 atom stereocenters. The second-order valence-corrected chi connectivity index (χ2v) is 4.79. The Morgan fingerprint density at radius 3 is 2.32 bits per heavy atom. The van der Waals surface area contributed by atoms with Crippen LogP contribution in [0.5, 0.6) is 0 Å². The van der Waals surface area contributed by atoms with Gasteiger partial charge in [-0.3, -0.25) is 9.97 Å². The van der Waals surface area contributed by atoms with Crippen LogP contribution in [0, 0.1) is 11.8 Å². The minimum absolute atomic E-state index is 0.0577. The van der Waals surface area contributed by atoms with Crippen molar-refractivity contribution in [2.24, 2.45) is 0 Å². The Morgan fingerprint density at radius 1 is 1.09 bits per heavy atom. The van der Waals surface area contributed by atoms with Crippen LogP contribution >= 0.6 is 0 Å². The van der Waals surface area contributed by atoms with E-state index in [2.05, 4.69) is 40.9 Å². The van der Waals surface area contributed by atoms with Crippen LogP contribution in [0.4, 0.5) is 0 Å². The largest absolute Gasteiger partial charge is 0.265 e. The standard InChI is InChI=1S/C20H20N2/c1-3-5-7-20(18-10-14-22-15-11-18)16-19(6-4-2)17-8-12-21-13-9-17/h4,6,8-16,20H,3H2,1-2H3/b6-4-,19-16+. The van der Waals surface area contributed by atoms with E-state index in [1.165, 1.54) is 0 Å². The van der Waals surface area contributed by atoms with Gasteiger partial charge in [0.25, 0.3) is 0 Å². The number of hydrogen-bond donors (Lipinski definition) is 0. The van der Waals surface area contributed by atoms with Crippen molar-refractivity contribution in [1.82, 2.24) is 9.97 Å². The molecule has 0 aromatic carbocycles. The predicted octanol–water partition coefficient (Wildman–Crippen LogP) is 4.63. The number of nitrogens with zero attached hydrogens (tertiary/aromatic N) is 2. The Balaban J connectivity index is 2.45. The number of pyridine rings is 2. The van der Waals surface area contributed by atoms with Crippen molar-refractivity contribution in [3.05, 3.63) is 78.4 Å². The summed E-state index contributed by atoms with van der Waals surface area (Å²) in [5, 5.41) is 0. The van der Waals surface area contributed by atoms with E-state index in [1.807, 2.05) is 62.1 Å². The van der Waals surface area contributed by atoms with Gasteiger partial charge in [0.15, 0.2) is 0 Å². The summed E-state index contributed by atoms with van der Waals surface area (Å²) in [6.45, 7) is 4.09. The molecule has 2 heterocycles. The lowest BCUT2D eigenvalue weighted by atomic mass is 9.95. The second-order valence-electron chi connectivity index (χ2n) is 4.79. The van der Waals surface area contributed by atoms with Gasteiger partial charge in [-0.05, 0) is 47.9 Å². The fourth-order valence-electron chi connectivity index (χ4n) is 2.16. The highest BCUT2D eigenvalue weighted by Crippen LogP contribution is 2.23. The van der Waals surface area contributed by atoms with Crippen LogP contribution in [0.15, 0.2) is 67.3 Å². The third-order valence-electron chi connectivity index (χ3n) is 3.21. The lowest BCUT2D eigenvalue weighted by Crippen LogP contribution is -1.94. The SMILES string of the molecule is C/C=C\C(=C/C(C#CCC)c1ccncc1)c1ccncc1. The third-order valence-corrected chi connectivity index (χ3v) is 3.21. The molecule has 0 spiro atoms. The summed E-state index contributed by atoms with van der Waals surface area (Å²) in [4.78, 5) is 8.18. The van der Waals surface area contributed by atoms with Gasteiger partial charge in [-0.1, -0.05) is 31.1 Å². The summed E-state index contributed by atoms with van der Waals surface area (Å²) in [5.74, 6) is 6.59. The molecule has 0 aliphatic rings. The Kier molecular flexibility index (Phi) is 6.14. The van der Waals surface area contributed by atoms with Crippen molar-refractivity contribution in [2.45, 2.75) is 26.2 Å². The van der Waals surface area contributed by atoms with Crippen LogP contribution in [-0.4, -0.2) is 9.97 Å². The molecule has 0 fully saturated rings. The van der Waals surface area contributed by atoms with E-state index in [0.717, 1.165) is 23.1 Å². The molecule has 0 aliphatic carbocycles. The summed E-state index contributed by atoms with van der Waals surface area (Å²) in [7, 11) is 0. The van der Waals surface area contributed by atoms with Crippen LogP contribution in [0.3, 0.4) is 0 Å². The Labute approximate surface area is 132 Å². The molecule has 22 heavy (non-hydrogen) atoms. The summed E-state index contributed by atoms with van der Waals surface area (Å²) >= 11 is 0. The van der Waals surface area contributed by atoms with Gasteiger partial charge in [-0.15, -0.1) is 5.92 Å². The normalized spacial score (nSPS) is 12.7. The zero-order valence-corrected chi connectivity index (χ0v) is 13.0. The molecule has 0 radical (unpaired) electrons. The number of aromatic nitrogens is 2. The van der Waals surface area contributed by atoms with Crippen LogP contribution < -0.4 is 0 Å². The highest BCUT2D eigenvalue weighted by molar-refractivity contribution is 5.74. The molecule has 2 aromatic rings. The van der Waals surface area contributed by atoms with E-state index in [9.17, 15) is 0 Å². The number of allylic oxidation sites excluding steroid dienone is 4. The lowest BCUT2D eigenvalue weighted by molar-refractivity contribution is 1.10. The minimum atomic E-state index is 0.0577. The fourth-order valence-corrected chi connectivity index (χ4v) is 2.16. The van der Waals surface area contributed by atoms with Crippen molar-refractivity contribution < 1.29 is 0 Å². The third kappa shape index (κ3) is 4.43. The Morgan fingerprint density at radius 2 is 1.73 bits per heavy atom. The monoisotopic (exact) mass is 288 g/mol. The second kappa shape index (κ2) is 8.59. The molecular formula is C20H20N2. The van der Waals surface area contributed by atoms with Crippen LogP contribution in [-0.2, 0) is 0 Å². The first-order valence-electron chi connectivity index (χ1n) is 7.48. The van der Waals surface area contributed by atoms with Crippen molar-refractivity contribution in [3.8, 4) is 11.8 Å². The zero-order valence-electron chi connectivity index (χ0n) is 13.0. The maximum absolute atomic E-state index is 4.09. The summed E-state index contributed by atoms with van der Waals surface area (Å²) in [6, 6.07) is 8.07. The first kappa shape index (κ1) is 15.7. The van der Waals surface area contributed by atoms with Crippen molar-refractivity contribution in [3.63, 3.8) is 0 Å². The molecule has 2 aromatic heterocycles. The lowest BCUT2D eigenvalue weighted by Gasteiger charge is -2.09. The molecular weight excluding hydrogens is 268 g/mol. The maximum atomic E-state index is 4.09. The average molecular weight is 288 g/mol. The van der Waals surface area contributed by atoms with Crippen LogP contribution in [0.2, 0.25) is 0 Å². The van der Waals surface area contributed by atoms with E-state index >= 15 is 0 Å². The topological polar surface area (TPSA) is 25.8 Å². The molecule has 0 N–H and O–H groups in total. The summed E-state index contributed by atoms with van der Waals surface area (Å²) in [6.07, 6.45) is 14.5. The molecule has 2 nitrogen and oxygen atoms in total. The van der Waals surface area contributed by atoms with Gasteiger partial charge in [-0.2, -0.15) is 0 Å². The smallest absolute Gasteiger partial charge is 0.0642 e. The van der Waals surface area contributed by atoms with E-state index in [0.29, 0.717) is 0 Å². The molecule has 110 valence electrons. The highest BCUT2D eigenvalue weighted by Gasteiger charge is 2.07. The molecule has 1 unspecified atom stereocenters. The highest BCUT2D eigenvalue weighted by atomic mass is 14.6. The molecule has 2 rings (SSSR count). The molecule has 0 amide bonds. The van der Waals surface area contributed by atoms with Crippen LogP contribution in [0.1, 0.15) is 37.3 Å². The summed E-state index contributed by atoms with van der Waals surface area (Å²) in [5.41, 5.74) is 3.45. The van der Waals surface area contributed by atoms with E-state index in [-0.39, 0.29) is 5.92 Å². The predicted molar refractivity (Wildman–Crippen MR) is 92.1 cm³/mol. The van der Waals surface area contributed by atoms with Gasteiger partial charge < -0.3 is 0 Å². The molecule has 0 saturated heterocycles. The number of hydrogen-bond acceptors (Lipinski definition) is 2. The molecule has 0 bridgehead atoms. The van der Waals surface area contributed by atoms with Crippen LogP contribution in [0.25, 0.3) is 5.57 Å². The summed E-state index contributed by atoms with van der Waals surface area (Å²) < 4.78 is 0. The van der Waals surface area contributed by atoms with Crippen molar-refractivity contribution in [1.29, 1.82) is 0 Å². The van der Waals surface area contributed by atoms with E-state index in [4.69, 9.17) is 0 Å². The van der Waals surface area contributed by atoms with Gasteiger partial charge in [0.05, 0.1) is 5.92 Å². The van der Waals surface area contributed by atoms with E-state index < -0.39 is 0 Å². The van der Waals surface area contributed by atoms with Gasteiger partial charge in [0, 0.05) is 31.2 Å². The Bertz CT molecular complexity index is 689. The Hall–Kier alpha value is -2.66. The van der Waals surface area contributed by atoms with E-state index in [1.54, 1.807) is 0 Å². The fraction of sp³-hybridized carbons (Fsp3) is 0.200. The quantitative estimate of drug-likeness (QED) is 0.605. The minimum Gasteiger partial charge on any atom is -0.265 e. The zero-order chi connectivity index (χ0) is 15.6. The number of rotatable bonds is 4. The molecule has 0 saturated carbocycles. The van der Waals surface area contributed by atoms with Gasteiger partial charge >= 0.3 is 0 Å². The molecule has 0 aliphatic heterocycles. The van der Waals surface area contributed by atoms with Crippen molar-refractivity contribution >= 4 is 5.57 Å². The first-order valence-corrected chi connectivity index (χ1v) is 7.48. The average Bonchev–Trinajstić information content (AvgIpc) is 2.59. The van der Waals surface area contributed by atoms with Gasteiger partial charge in [0.2, 0.25) is 0 Å². The first-order chi connectivity index (χ1) is 10.8.